The van der Waals surface area contributed by atoms with Crippen molar-refractivity contribution in [1.82, 2.24) is 5.32 Å². The van der Waals surface area contributed by atoms with Gasteiger partial charge >= 0.3 is 0 Å². The van der Waals surface area contributed by atoms with Gasteiger partial charge in [-0.25, -0.2) is 0 Å². The maximum atomic E-state index is 5.85. The molecule has 0 spiro atoms. The molecule has 0 bridgehead atoms. The lowest BCUT2D eigenvalue weighted by Crippen LogP contribution is -2.19. The van der Waals surface area contributed by atoms with Gasteiger partial charge in [-0.2, -0.15) is 0 Å². The topological polar surface area (TPSA) is 21.3 Å². The van der Waals surface area contributed by atoms with Gasteiger partial charge in [0.2, 0.25) is 0 Å². The molecule has 0 heterocycles. The van der Waals surface area contributed by atoms with E-state index in [1.54, 1.807) is 0 Å². The summed E-state index contributed by atoms with van der Waals surface area (Å²) in [6.45, 7) is 8.71. The molecule has 1 unspecified atom stereocenters. The summed E-state index contributed by atoms with van der Waals surface area (Å²) in [5.74, 6) is 1.00. The zero-order valence-corrected chi connectivity index (χ0v) is 16.3. The average molecular weight is 334 g/mol. The van der Waals surface area contributed by atoms with Crippen LogP contribution in [0, 0.1) is 0 Å². The van der Waals surface area contributed by atoms with E-state index in [2.05, 4.69) is 50.4 Å². The molecule has 0 saturated carbocycles. The summed E-state index contributed by atoms with van der Waals surface area (Å²) in [4.78, 5) is 0. The lowest BCUT2D eigenvalue weighted by molar-refractivity contribution is 0.304. The van der Waals surface area contributed by atoms with Gasteiger partial charge in [-0.15, -0.1) is 0 Å². The minimum absolute atomic E-state index is 0.416. The minimum atomic E-state index is 0.416. The molecule has 0 amide bonds. The van der Waals surface area contributed by atoms with Crippen LogP contribution < -0.4 is 10.1 Å². The van der Waals surface area contributed by atoms with Crippen molar-refractivity contribution < 1.29 is 4.74 Å². The summed E-state index contributed by atoms with van der Waals surface area (Å²) in [7, 11) is 0. The Kier molecular flexibility index (Phi) is 12.6. The molecule has 24 heavy (non-hydrogen) atoms. The summed E-state index contributed by atoms with van der Waals surface area (Å²) < 4.78 is 5.85. The van der Waals surface area contributed by atoms with Crippen LogP contribution >= 0.6 is 0 Å². The van der Waals surface area contributed by atoms with E-state index in [0.29, 0.717) is 6.04 Å². The number of unbranched alkanes of at least 4 members (excludes halogenated alkanes) is 8. The molecule has 2 nitrogen and oxygen atoms in total. The van der Waals surface area contributed by atoms with Crippen molar-refractivity contribution in [1.29, 1.82) is 0 Å². The fraction of sp³-hybridized carbons (Fsp3) is 0.727. The van der Waals surface area contributed by atoms with Crippen molar-refractivity contribution in [2.45, 2.75) is 91.0 Å². The van der Waals surface area contributed by atoms with E-state index in [0.717, 1.165) is 18.9 Å². The molecule has 0 aromatic heterocycles. The molecule has 0 aliphatic carbocycles. The van der Waals surface area contributed by atoms with Crippen molar-refractivity contribution >= 4 is 0 Å². The lowest BCUT2D eigenvalue weighted by Gasteiger charge is -2.15. The van der Waals surface area contributed by atoms with Gasteiger partial charge in [0.25, 0.3) is 0 Å². The fourth-order valence-electron chi connectivity index (χ4n) is 2.91. The van der Waals surface area contributed by atoms with Crippen LogP contribution in [0.1, 0.15) is 96.6 Å². The third-order valence-electron chi connectivity index (χ3n) is 4.63. The van der Waals surface area contributed by atoms with Gasteiger partial charge in [0, 0.05) is 6.04 Å². The fourth-order valence-corrected chi connectivity index (χ4v) is 2.91. The zero-order valence-electron chi connectivity index (χ0n) is 16.3. The van der Waals surface area contributed by atoms with E-state index in [4.69, 9.17) is 4.74 Å². The molecule has 0 radical (unpaired) electrons. The second-order valence-corrected chi connectivity index (χ2v) is 6.92. The standard InChI is InChI=1S/C22H39NO/c1-4-6-8-10-11-13-19-24-22-16-14-21(15-17-22)20(3)23-18-12-9-7-5-2/h14-17,20,23H,4-13,18-19H2,1-3H3. The zero-order chi connectivity index (χ0) is 17.5. The number of ether oxygens (including phenoxy) is 1. The smallest absolute Gasteiger partial charge is 0.119 e. The monoisotopic (exact) mass is 333 g/mol. The van der Waals surface area contributed by atoms with Crippen LogP contribution in [0.5, 0.6) is 5.75 Å². The molecule has 138 valence electrons. The Morgan fingerprint density at radius 1 is 0.792 bits per heavy atom. The van der Waals surface area contributed by atoms with Gasteiger partial charge in [0.05, 0.1) is 6.61 Å². The molecule has 2 heteroatoms. The number of hydrogen-bond donors (Lipinski definition) is 1. The van der Waals surface area contributed by atoms with Crippen LogP contribution in [0.15, 0.2) is 24.3 Å². The predicted molar refractivity (Wildman–Crippen MR) is 106 cm³/mol. The van der Waals surface area contributed by atoms with Crippen LogP contribution in [0.4, 0.5) is 0 Å². The van der Waals surface area contributed by atoms with Gasteiger partial charge in [0.15, 0.2) is 0 Å². The summed E-state index contributed by atoms with van der Waals surface area (Å²) in [6.07, 6.45) is 13.1. The highest BCUT2D eigenvalue weighted by Gasteiger charge is 2.04. The third kappa shape index (κ3) is 9.97. The van der Waals surface area contributed by atoms with E-state index in [9.17, 15) is 0 Å². The molecule has 1 rings (SSSR count). The van der Waals surface area contributed by atoms with E-state index in [1.165, 1.54) is 69.8 Å². The highest BCUT2D eigenvalue weighted by Crippen LogP contribution is 2.18. The molecule has 1 aromatic rings. The molecule has 1 N–H and O–H groups in total. The largest absolute Gasteiger partial charge is 0.494 e. The normalized spacial score (nSPS) is 12.3. The van der Waals surface area contributed by atoms with Crippen molar-refractivity contribution in [3.8, 4) is 5.75 Å². The van der Waals surface area contributed by atoms with Gasteiger partial charge in [0.1, 0.15) is 5.75 Å². The summed E-state index contributed by atoms with van der Waals surface area (Å²) in [5, 5.41) is 3.61. The van der Waals surface area contributed by atoms with E-state index in [-0.39, 0.29) is 0 Å². The van der Waals surface area contributed by atoms with E-state index < -0.39 is 0 Å². The Morgan fingerprint density at radius 2 is 1.38 bits per heavy atom. The first-order valence-corrected chi connectivity index (χ1v) is 10.2. The molecule has 0 saturated heterocycles. The molecule has 1 atom stereocenters. The van der Waals surface area contributed by atoms with Crippen LogP contribution in [-0.2, 0) is 0 Å². The summed E-state index contributed by atoms with van der Waals surface area (Å²) in [5.41, 5.74) is 1.34. The lowest BCUT2D eigenvalue weighted by atomic mass is 10.1. The van der Waals surface area contributed by atoms with Crippen molar-refractivity contribution in [3.63, 3.8) is 0 Å². The molecular weight excluding hydrogens is 294 g/mol. The SMILES string of the molecule is CCCCCCCCOc1ccc(C(C)NCCCCCC)cc1. The Morgan fingerprint density at radius 3 is 2.04 bits per heavy atom. The molecular formula is C22H39NO. The number of benzene rings is 1. The Labute approximate surface area is 150 Å². The number of rotatable bonds is 15. The van der Waals surface area contributed by atoms with E-state index >= 15 is 0 Å². The maximum Gasteiger partial charge on any atom is 0.119 e. The van der Waals surface area contributed by atoms with Crippen LogP contribution in [0.25, 0.3) is 0 Å². The quantitative estimate of drug-likeness (QED) is 0.362. The summed E-state index contributed by atoms with van der Waals surface area (Å²) >= 11 is 0. The van der Waals surface area contributed by atoms with E-state index in [1.807, 2.05) is 0 Å². The Bertz CT molecular complexity index is 387. The Balaban J connectivity index is 2.15. The van der Waals surface area contributed by atoms with Crippen molar-refractivity contribution in [2.24, 2.45) is 0 Å². The highest BCUT2D eigenvalue weighted by molar-refractivity contribution is 5.28. The van der Waals surface area contributed by atoms with Crippen LogP contribution in [0.3, 0.4) is 0 Å². The molecule has 1 aromatic carbocycles. The molecule has 0 fully saturated rings. The summed E-state index contributed by atoms with van der Waals surface area (Å²) in [6, 6.07) is 9.03. The highest BCUT2D eigenvalue weighted by atomic mass is 16.5. The van der Waals surface area contributed by atoms with Crippen molar-refractivity contribution in [3.05, 3.63) is 29.8 Å². The first-order valence-electron chi connectivity index (χ1n) is 10.2. The first-order chi connectivity index (χ1) is 11.8. The predicted octanol–water partition coefficient (Wildman–Crippen LogP) is 6.66. The number of nitrogens with one attached hydrogen (secondary N) is 1. The third-order valence-corrected chi connectivity index (χ3v) is 4.63. The van der Waals surface area contributed by atoms with Crippen LogP contribution in [-0.4, -0.2) is 13.2 Å². The van der Waals surface area contributed by atoms with Gasteiger partial charge in [-0.3, -0.25) is 0 Å². The molecule has 0 aliphatic heterocycles. The minimum Gasteiger partial charge on any atom is -0.494 e. The second kappa shape index (κ2) is 14.3. The van der Waals surface area contributed by atoms with Crippen molar-refractivity contribution in [2.75, 3.05) is 13.2 Å². The van der Waals surface area contributed by atoms with Gasteiger partial charge in [-0.1, -0.05) is 77.3 Å². The molecule has 0 aliphatic rings. The van der Waals surface area contributed by atoms with Crippen LogP contribution in [0.2, 0.25) is 0 Å². The van der Waals surface area contributed by atoms with Gasteiger partial charge < -0.3 is 10.1 Å². The second-order valence-electron chi connectivity index (χ2n) is 6.92. The average Bonchev–Trinajstić information content (AvgIpc) is 2.61. The first kappa shape index (κ1) is 21.0. The maximum absolute atomic E-state index is 5.85. The van der Waals surface area contributed by atoms with Gasteiger partial charge in [-0.05, 0) is 44.0 Å². The number of hydrogen-bond acceptors (Lipinski definition) is 2. The Hall–Kier alpha value is -1.02.